The Morgan fingerprint density at radius 1 is 1.20 bits per heavy atom. The van der Waals surface area contributed by atoms with Crippen molar-refractivity contribution >= 4 is 28.5 Å². The van der Waals surface area contributed by atoms with Gasteiger partial charge in [0.15, 0.2) is 0 Å². The maximum Gasteiger partial charge on any atom is 0.251 e. The van der Waals surface area contributed by atoms with Gasteiger partial charge in [0.25, 0.3) is 5.91 Å². The average Bonchev–Trinajstić information content (AvgIpc) is 2.46. The van der Waals surface area contributed by atoms with Gasteiger partial charge >= 0.3 is 0 Å². The smallest absolute Gasteiger partial charge is 0.251 e. The Morgan fingerprint density at radius 3 is 2.35 bits per heavy atom. The molecule has 1 aromatic carbocycles. The fourth-order valence-electron chi connectivity index (χ4n) is 2.94. The van der Waals surface area contributed by atoms with Crippen molar-refractivity contribution in [2.24, 2.45) is 0 Å². The second-order valence-electron chi connectivity index (χ2n) is 5.87. The van der Waals surface area contributed by atoms with Crippen molar-refractivity contribution in [2.45, 2.75) is 37.6 Å². The molecule has 1 aliphatic carbocycles. The summed E-state index contributed by atoms with van der Waals surface area (Å²) in [4.78, 5) is 14.5. The number of nitrogens with zero attached hydrogens (tertiary/aromatic N) is 1. The second kappa shape index (κ2) is 6.89. The second-order valence-corrected chi connectivity index (χ2v) is 7.11. The normalized spacial score (nSPS) is 18.0. The summed E-state index contributed by atoms with van der Waals surface area (Å²) in [5.74, 6) is 0.0354. The fraction of sp³-hybridized carbons (Fsp3) is 0.562. The van der Waals surface area contributed by atoms with E-state index in [1.807, 2.05) is 24.3 Å². The number of rotatable bonds is 4. The summed E-state index contributed by atoms with van der Waals surface area (Å²) in [7, 11) is 4.25. The van der Waals surface area contributed by atoms with Gasteiger partial charge in [0, 0.05) is 21.2 Å². The Balaban J connectivity index is 1.98. The van der Waals surface area contributed by atoms with Gasteiger partial charge in [0.1, 0.15) is 0 Å². The predicted octanol–water partition coefficient (Wildman–Crippen LogP) is 3.29. The van der Waals surface area contributed by atoms with Crippen molar-refractivity contribution in [3.8, 4) is 0 Å². The molecule has 1 N–H and O–H groups in total. The van der Waals surface area contributed by atoms with E-state index in [1.54, 1.807) is 0 Å². The van der Waals surface area contributed by atoms with Crippen molar-refractivity contribution in [3.05, 3.63) is 33.4 Å². The molecule has 1 aliphatic rings. The first-order chi connectivity index (χ1) is 9.53. The minimum Gasteiger partial charge on any atom is -0.350 e. The van der Waals surface area contributed by atoms with Gasteiger partial charge in [-0.1, -0.05) is 19.3 Å². The zero-order valence-electron chi connectivity index (χ0n) is 12.3. The van der Waals surface area contributed by atoms with Crippen LogP contribution in [0.5, 0.6) is 0 Å². The number of benzene rings is 1. The molecule has 1 aromatic rings. The minimum absolute atomic E-state index is 0.0354. The molecule has 0 spiro atoms. The predicted molar refractivity (Wildman–Crippen MR) is 91.0 cm³/mol. The molecule has 3 nitrogen and oxygen atoms in total. The van der Waals surface area contributed by atoms with E-state index in [9.17, 15) is 4.79 Å². The highest BCUT2D eigenvalue weighted by Gasteiger charge is 2.34. The third kappa shape index (κ3) is 3.73. The summed E-state index contributed by atoms with van der Waals surface area (Å²) in [6.07, 6.45) is 6.19. The van der Waals surface area contributed by atoms with Gasteiger partial charge in [-0.2, -0.15) is 0 Å². The Labute approximate surface area is 135 Å². The fourth-order valence-corrected chi connectivity index (χ4v) is 3.30. The quantitative estimate of drug-likeness (QED) is 0.806. The first-order valence-corrected chi connectivity index (χ1v) is 8.33. The van der Waals surface area contributed by atoms with Crippen molar-refractivity contribution in [1.82, 2.24) is 10.2 Å². The van der Waals surface area contributed by atoms with Gasteiger partial charge in [0.2, 0.25) is 0 Å². The Hall–Kier alpha value is -0.620. The molecular weight excluding hydrogens is 363 g/mol. The number of amides is 1. The molecule has 20 heavy (non-hydrogen) atoms. The summed E-state index contributed by atoms with van der Waals surface area (Å²) >= 11 is 2.25. The Morgan fingerprint density at radius 2 is 1.80 bits per heavy atom. The Kier molecular flexibility index (Phi) is 5.43. The highest BCUT2D eigenvalue weighted by molar-refractivity contribution is 14.1. The standard InChI is InChI=1S/C16H23IN2O/c1-19(2)16(10-4-3-5-11-16)12-18-15(20)13-6-8-14(17)9-7-13/h6-9H,3-5,10-12H2,1-2H3,(H,18,20). The number of halogens is 1. The van der Waals surface area contributed by atoms with E-state index >= 15 is 0 Å². The molecule has 110 valence electrons. The van der Waals surface area contributed by atoms with Gasteiger partial charge in [0.05, 0.1) is 0 Å². The lowest BCUT2D eigenvalue weighted by atomic mass is 9.80. The van der Waals surface area contributed by atoms with E-state index in [1.165, 1.54) is 32.1 Å². The average molecular weight is 386 g/mol. The van der Waals surface area contributed by atoms with Crippen LogP contribution in [0.25, 0.3) is 0 Å². The van der Waals surface area contributed by atoms with Crippen molar-refractivity contribution in [2.75, 3.05) is 20.6 Å². The lowest BCUT2D eigenvalue weighted by Crippen LogP contribution is -2.53. The van der Waals surface area contributed by atoms with E-state index in [0.717, 1.165) is 15.7 Å². The first-order valence-electron chi connectivity index (χ1n) is 7.25. The SMILES string of the molecule is CN(C)C1(CNC(=O)c2ccc(I)cc2)CCCCC1. The van der Waals surface area contributed by atoms with E-state index < -0.39 is 0 Å². The van der Waals surface area contributed by atoms with Crippen LogP contribution in [0.3, 0.4) is 0 Å². The van der Waals surface area contributed by atoms with Crippen LogP contribution in [-0.4, -0.2) is 37.0 Å². The third-order valence-electron chi connectivity index (χ3n) is 4.42. The molecule has 0 bridgehead atoms. The van der Waals surface area contributed by atoms with Gasteiger partial charge in [-0.05, 0) is 73.8 Å². The topological polar surface area (TPSA) is 32.3 Å². The minimum atomic E-state index is 0.0354. The molecule has 0 aromatic heterocycles. The van der Waals surface area contributed by atoms with E-state index in [4.69, 9.17) is 0 Å². The van der Waals surface area contributed by atoms with Crippen molar-refractivity contribution < 1.29 is 4.79 Å². The van der Waals surface area contributed by atoms with Crippen molar-refractivity contribution in [3.63, 3.8) is 0 Å². The first kappa shape index (κ1) is 15.8. The Bertz CT molecular complexity index is 450. The number of carbonyl (C=O) groups is 1. The van der Waals surface area contributed by atoms with Crippen LogP contribution in [0.15, 0.2) is 24.3 Å². The molecule has 4 heteroatoms. The van der Waals surface area contributed by atoms with Gasteiger partial charge in [-0.3, -0.25) is 4.79 Å². The molecule has 0 unspecified atom stereocenters. The van der Waals surface area contributed by atoms with Gasteiger partial charge < -0.3 is 10.2 Å². The highest BCUT2D eigenvalue weighted by atomic mass is 127. The molecule has 0 atom stereocenters. The monoisotopic (exact) mass is 386 g/mol. The number of carbonyl (C=O) groups excluding carboxylic acids is 1. The molecule has 1 saturated carbocycles. The number of hydrogen-bond acceptors (Lipinski definition) is 2. The zero-order chi connectivity index (χ0) is 14.6. The maximum absolute atomic E-state index is 12.2. The number of likely N-dealkylation sites (N-methyl/N-ethyl adjacent to an activating group) is 1. The van der Waals surface area contributed by atoms with Crippen LogP contribution in [-0.2, 0) is 0 Å². The molecule has 1 amide bonds. The van der Waals surface area contributed by atoms with Crippen LogP contribution in [0.2, 0.25) is 0 Å². The van der Waals surface area contributed by atoms with Gasteiger partial charge in [-0.25, -0.2) is 0 Å². The molecule has 0 aliphatic heterocycles. The summed E-state index contributed by atoms with van der Waals surface area (Å²) in [6.45, 7) is 0.741. The van der Waals surface area contributed by atoms with Crippen LogP contribution >= 0.6 is 22.6 Å². The third-order valence-corrected chi connectivity index (χ3v) is 5.14. The van der Waals surface area contributed by atoms with E-state index in [-0.39, 0.29) is 11.4 Å². The van der Waals surface area contributed by atoms with Gasteiger partial charge in [-0.15, -0.1) is 0 Å². The van der Waals surface area contributed by atoms with E-state index in [0.29, 0.717) is 0 Å². The number of hydrogen-bond donors (Lipinski definition) is 1. The highest BCUT2D eigenvalue weighted by Crippen LogP contribution is 2.31. The van der Waals surface area contributed by atoms with Crippen LogP contribution in [0, 0.1) is 3.57 Å². The summed E-state index contributed by atoms with van der Waals surface area (Å²) in [5.41, 5.74) is 0.882. The van der Waals surface area contributed by atoms with Crippen molar-refractivity contribution in [1.29, 1.82) is 0 Å². The molecule has 1 fully saturated rings. The largest absolute Gasteiger partial charge is 0.350 e. The van der Waals surface area contributed by atoms with Crippen LogP contribution in [0.4, 0.5) is 0 Å². The summed E-state index contributed by atoms with van der Waals surface area (Å²) < 4.78 is 1.15. The lowest BCUT2D eigenvalue weighted by molar-refractivity contribution is 0.0799. The molecule has 0 heterocycles. The lowest BCUT2D eigenvalue weighted by Gasteiger charge is -2.43. The summed E-state index contributed by atoms with van der Waals surface area (Å²) in [6, 6.07) is 7.72. The van der Waals surface area contributed by atoms with E-state index in [2.05, 4.69) is 46.9 Å². The summed E-state index contributed by atoms with van der Waals surface area (Å²) in [5, 5.41) is 3.13. The molecule has 2 rings (SSSR count). The van der Waals surface area contributed by atoms with Crippen LogP contribution in [0.1, 0.15) is 42.5 Å². The molecule has 0 saturated heterocycles. The number of nitrogens with one attached hydrogen (secondary N) is 1. The maximum atomic E-state index is 12.2. The molecular formula is C16H23IN2O. The van der Waals surface area contributed by atoms with Crippen LogP contribution < -0.4 is 5.32 Å². The molecule has 0 radical (unpaired) electrons. The zero-order valence-corrected chi connectivity index (χ0v) is 14.4.